The average molecular weight is 450 g/mol. The molecule has 0 unspecified atom stereocenters. The maximum absolute atomic E-state index is 13.7. The van der Waals surface area contributed by atoms with Crippen LogP contribution < -0.4 is 0 Å². The van der Waals surface area contributed by atoms with Gasteiger partial charge in [0.15, 0.2) is 0 Å². The van der Waals surface area contributed by atoms with Crippen LogP contribution in [0.3, 0.4) is 0 Å². The Morgan fingerprint density at radius 3 is 2.36 bits per heavy atom. The molecule has 0 saturated heterocycles. The van der Waals surface area contributed by atoms with Crippen molar-refractivity contribution >= 4 is 11.8 Å². The van der Waals surface area contributed by atoms with Gasteiger partial charge in [-0.2, -0.15) is 0 Å². The highest BCUT2D eigenvalue weighted by Crippen LogP contribution is 2.31. The Morgan fingerprint density at radius 1 is 0.970 bits per heavy atom. The number of hydrogen-bond donors (Lipinski definition) is 0. The summed E-state index contributed by atoms with van der Waals surface area (Å²) in [6.07, 6.45) is 9.78. The largest absolute Gasteiger partial charge is 0.345 e. The zero-order chi connectivity index (χ0) is 23.2. The summed E-state index contributed by atoms with van der Waals surface area (Å²) >= 11 is 0. The second kappa shape index (κ2) is 11.0. The van der Waals surface area contributed by atoms with Crippen molar-refractivity contribution in [2.24, 2.45) is 11.8 Å². The highest BCUT2D eigenvalue weighted by atomic mass is 16.2. The van der Waals surface area contributed by atoms with Crippen LogP contribution in [0.2, 0.25) is 0 Å². The van der Waals surface area contributed by atoms with E-state index < -0.39 is 0 Å². The van der Waals surface area contributed by atoms with E-state index in [1.807, 2.05) is 11.0 Å². The predicted octanol–water partition coefficient (Wildman–Crippen LogP) is 5.09. The van der Waals surface area contributed by atoms with Gasteiger partial charge in [-0.05, 0) is 49.3 Å². The van der Waals surface area contributed by atoms with Gasteiger partial charge in [0.05, 0.1) is 13.1 Å². The van der Waals surface area contributed by atoms with E-state index in [1.54, 1.807) is 0 Å². The van der Waals surface area contributed by atoms with Gasteiger partial charge in [0.1, 0.15) is 0 Å². The molecule has 33 heavy (non-hydrogen) atoms. The van der Waals surface area contributed by atoms with Crippen LogP contribution in [-0.2, 0) is 22.7 Å². The molecule has 178 valence electrons. The zero-order valence-corrected chi connectivity index (χ0v) is 20.3. The lowest BCUT2D eigenvalue weighted by Gasteiger charge is -2.36. The smallest absolute Gasteiger partial charge is 0.242 e. The first-order valence-electron chi connectivity index (χ1n) is 12.8. The summed E-state index contributed by atoms with van der Waals surface area (Å²) in [5, 5.41) is 0. The maximum Gasteiger partial charge on any atom is 0.242 e. The standard InChI is InChI=1S/C28H39N3O2/c1-22(2)18-30(28(33)24-15-16-24)21-27(32)31(25-12-7-4-8-13-25)20-26-14-9-17-29(26)19-23-10-5-3-6-11-23/h3,5-6,9-11,14,17,22,24-25H,4,7-8,12-13,15-16,18-21H2,1-2H3. The normalized spacial score (nSPS) is 16.7. The lowest BCUT2D eigenvalue weighted by molar-refractivity contribution is -0.143. The van der Waals surface area contributed by atoms with Gasteiger partial charge >= 0.3 is 0 Å². The van der Waals surface area contributed by atoms with Crippen LogP contribution in [0.5, 0.6) is 0 Å². The minimum Gasteiger partial charge on any atom is -0.345 e. The number of amides is 2. The molecule has 0 radical (unpaired) electrons. The Morgan fingerprint density at radius 2 is 1.70 bits per heavy atom. The van der Waals surface area contributed by atoms with E-state index in [1.165, 1.54) is 24.8 Å². The molecule has 4 rings (SSSR count). The molecule has 5 nitrogen and oxygen atoms in total. The Labute approximate surface area is 198 Å². The van der Waals surface area contributed by atoms with Crippen molar-refractivity contribution in [2.75, 3.05) is 13.1 Å². The summed E-state index contributed by atoms with van der Waals surface area (Å²) in [5.74, 6) is 0.770. The molecule has 1 aromatic heterocycles. The van der Waals surface area contributed by atoms with Crippen molar-refractivity contribution in [2.45, 2.75) is 77.9 Å². The summed E-state index contributed by atoms with van der Waals surface area (Å²) in [6, 6.07) is 14.9. The first-order chi connectivity index (χ1) is 16.0. The molecule has 0 aliphatic heterocycles. The highest BCUT2D eigenvalue weighted by molar-refractivity contribution is 5.87. The topological polar surface area (TPSA) is 45.6 Å². The van der Waals surface area contributed by atoms with Crippen LogP contribution in [-0.4, -0.2) is 45.3 Å². The van der Waals surface area contributed by atoms with Gasteiger partial charge in [-0.25, -0.2) is 0 Å². The lowest BCUT2D eigenvalue weighted by Crippen LogP contribution is -2.48. The number of carbonyl (C=O) groups is 2. The molecule has 2 aliphatic carbocycles. The van der Waals surface area contributed by atoms with Gasteiger partial charge in [0.25, 0.3) is 0 Å². The van der Waals surface area contributed by atoms with Crippen molar-refractivity contribution in [3.8, 4) is 0 Å². The number of hydrogen-bond acceptors (Lipinski definition) is 2. The summed E-state index contributed by atoms with van der Waals surface area (Å²) in [6.45, 7) is 6.51. The molecule has 2 saturated carbocycles. The number of benzene rings is 1. The van der Waals surface area contributed by atoms with E-state index in [4.69, 9.17) is 0 Å². The van der Waals surface area contributed by atoms with Gasteiger partial charge in [-0.1, -0.05) is 63.4 Å². The van der Waals surface area contributed by atoms with Crippen LogP contribution in [0.15, 0.2) is 48.7 Å². The number of carbonyl (C=O) groups excluding carboxylic acids is 2. The first kappa shape index (κ1) is 23.6. The van der Waals surface area contributed by atoms with E-state index >= 15 is 0 Å². The quantitative estimate of drug-likeness (QED) is 0.507. The van der Waals surface area contributed by atoms with Crippen molar-refractivity contribution in [1.82, 2.24) is 14.4 Å². The molecule has 5 heteroatoms. The van der Waals surface area contributed by atoms with Crippen LogP contribution >= 0.6 is 0 Å². The molecular weight excluding hydrogens is 410 g/mol. The summed E-state index contributed by atoms with van der Waals surface area (Å²) in [5.41, 5.74) is 2.41. The second-order valence-electron chi connectivity index (χ2n) is 10.3. The molecule has 2 aromatic rings. The molecular formula is C28H39N3O2. The molecule has 2 fully saturated rings. The fraction of sp³-hybridized carbons (Fsp3) is 0.571. The Bertz CT molecular complexity index is 910. The minimum absolute atomic E-state index is 0.101. The minimum atomic E-state index is 0.101. The third-order valence-corrected chi connectivity index (χ3v) is 6.94. The molecule has 0 spiro atoms. The van der Waals surface area contributed by atoms with Crippen molar-refractivity contribution < 1.29 is 9.59 Å². The predicted molar refractivity (Wildman–Crippen MR) is 132 cm³/mol. The van der Waals surface area contributed by atoms with E-state index in [0.29, 0.717) is 19.0 Å². The fourth-order valence-electron chi connectivity index (χ4n) is 5.03. The molecule has 0 atom stereocenters. The molecule has 0 bridgehead atoms. The van der Waals surface area contributed by atoms with Crippen LogP contribution in [0.4, 0.5) is 0 Å². The maximum atomic E-state index is 13.7. The molecule has 0 N–H and O–H groups in total. The van der Waals surface area contributed by atoms with E-state index in [9.17, 15) is 9.59 Å². The molecule has 2 amide bonds. The average Bonchev–Trinajstić information content (AvgIpc) is 3.58. The monoisotopic (exact) mass is 449 g/mol. The Balaban J connectivity index is 1.51. The Kier molecular flexibility index (Phi) is 7.89. The second-order valence-corrected chi connectivity index (χ2v) is 10.3. The highest BCUT2D eigenvalue weighted by Gasteiger charge is 2.36. The summed E-state index contributed by atoms with van der Waals surface area (Å²) < 4.78 is 2.25. The SMILES string of the molecule is CC(C)CN(CC(=O)N(Cc1cccn1Cc1ccccc1)C1CCCCC1)C(=O)C1CC1. The lowest BCUT2D eigenvalue weighted by atomic mass is 9.94. The van der Waals surface area contributed by atoms with Gasteiger partial charge < -0.3 is 14.4 Å². The molecule has 1 aromatic carbocycles. The summed E-state index contributed by atoms with van der Waals surface area (Å²) in [4.78, 5) is 30.5. The van der Waals surface area contributed by atoms with Crippen molar-refractivity contribution in [1.29, 1.82) is 0 Å². The van der Waals surface area contributed by atoms with Gasteiger partial charge in [-0.15, -0.1) is 0 Å². The van der Waals surface area contributed by atoms with Gasteiger partial charge in [0.2, 0.25) is 11.8 Å². The van der Waals surface area contributed by atoms with Crippen LogP contribution in [0.25, 0.3) is 0 Å². The number of aromatic nitrogens is 1. The fourth-order valence-corrected chi connectivity index (χ4v) is 5.03. The van der Waals surface area contributed by atoms with Crippen molar-refractivity contribution in [3.05, 3.63) is 59.9 Å². The third-order valence-electron chi connectivity index (χ3n) is 6.94. The Hall–Kier alpha value is -2.56. The van der Waals surface area contributed by atoms with Gasteiger partial charge in [-0.3, -0.25) is 9.59 Å². The van der Waals surface area contributed by atoms with Crippen LogP contribution in [0.1, 0.15) is 70.1 Å². The van der Waals surface area contributed by atoms with E-state index in [0.717, 1.165) is 37.9 Å². The van der Waals surface area contributed by atoms with Crippen molar-refractivity contribution in [3.63, 3.8) is 0 Å². The molecule has 2 aliphatic rings. The summed E-state index contributed by atoms with van der Waals surface area (Å²) in [7, 11) is 0. The van der Waals surface area contributed by atoms with E-state index in [-0.39, 0.29) is 30.3 Å². The zero-order valence-electron chi connectivity index (χ0n) is 20.3. The van der Waals surface area contributed by atoms with E-state index in [2.05, 4.69) is 65.9 Å². The first-order valence-corrected chi connectivity index (χ1v) is 12.8. The third kappa shape index (κ3) is 6.49. The number of rotatable bonds is 10. The van der Waals surface area contributed by atoms with Crippen LogP contribution in [0, 0.1) is 11.8 Å². The molecule has 1 heterocycles. The number of nitrogens with zero attached hydrogens (tertiary/aromatic N) is 3. The van der Waals surface area contributed by atoms with Gasteiger partial charge in [0, 0.05) is 36.9 Å².